The van der Waals surface area contributed by atoms with Crippen LogP contribution in [0.3, 0.4) is 0 Å². The molecule has 1 heterocycles. The second-order valence-electron chi connectivity index (χ2n) is 5.05. The van der Waals surface area contributed by atoms with Gasteiger partial charge in [-0.15, -0.1) is 0 Å². The van der Waals surface area contributed by atoms with Crippen LogP contribution in [0.5, 0.6) is 0 Å². The molecule has 0 aliphatic rings. The van der Waals surface area contributed by atoms with Gasteiger partial charge < -0.3 is 4.52 Å². The molecule has 132 valence electrons. The molecule has 3 rings (SSSR count). The van der Waals surface area contributed by atoms with Crippen molar-refractivity contribution in [1.82, 2.24) is 10.1 Å². The third-order valence-corrected chi connectivity index (χ3v) is 4.15. The van der Waals surface area contributed by atoms with Gasteiger partial charge in [0.25, 0.3) is 16.6 Å². The Balaban J connectivity index is 1.76. The molecule has 26 heavy (non-hydrogen) atoms. The largest absolute Gasteiger partial charge is 0.327 e. The Morgan fingerprint density at radius 3 is 2.23 bits per heavy atom. The van der Waals surface area contributed by atoms with Crippen LogP contribution in [0.15, 0.2) is 52.2 Å². The minimum Gasteiger partial charge on any atom is -0.327 e. The van der Waals surface area contributed by atoms with E-state index >= 15 is 0 Å². The summed E-state index contributed by atoms with van der Waals surface area (Å²) in [6.07, 6.45) is 0. The summed E-state index contributed by atoms with van der Waals surface area (Å²) in [7, 11) is 0. The predicted octanol–water partition coefficient (Wildman–Crippen LogP) is 3.98. The van der Waals surface area contributed by atoms with Crippen molar-refractivity contribution in [1.29, 1.82) is 0 Å². The van der Waals surface area contributed by atoms with Crippen molar-refractivity contribution in [2.24, 2.45) is 0 Å². The first-order chi connectivity index (χ1) is 12.4. The molecular formula is C15H9FN4O5S. The number of non-ortho nitro benzene ring substituents is 2. The lowest BCUT2D eigenvalue weighted by Crippen LogP contribution is -1.95. The van der Waals surface area contributed by atoms with Gasteiger partial charge in [-0.05, 0) is 29.8 Å². The molecule has 11 heteroatoms. The van der Waals surface area contributed by atoms with E-state index < -0.39 is 9.85 Å². The van der Waals surface area contributed by atoms with Crippen molar-refractivity contribution in [3.05, 3.63) is 74.1 Å². The van der Waals surface area contributed by atoms with Gasteiger partial charge in [-0.25, -0.2) is 4.39 Å². The molecule has 0 bridgehead atoms. The quantitative estimate of drug-likeness (QED) is 0.359. The smallest absolute Gasteiger partial charge is 0.286 e. The van der Waals surface area contributed by atoms with Crippen LogP contribution < -0.4 is 0 Å². The lowest BCUT2D eigenvalue weighted by molar-refractivity contribution is -0.394. The zero-order valence-electron chi connectivity index (χ0n) is 12.9. The van der Waals surface area contributed by atoms with Gasteiger partial charge >= 0.3 is 0 Å². The molecule has 0 saturated carbocycles. The van der Waals surface area contributed by atoms with E-state index in [1.165, 1.54) is 36.4 Å². The van der Waals surface area contributed by atoms with Crippen LogP contribution in [-0.4, -0.2) is 20.0 Å². The van der Waals surface area contributed by atoms with Crippen molar-refractivity contribution in [3.8, 4) is 11.4 Å². The number of benzene rings is 2. The molecule has 0 saturated heterocycles. The van der Waals surface area contributed by atoms with Gasteiger partial charge in [-0.3, -0.25) is 20.2 Å². The molecule has 0 radical (unpaired) electrons. The Kier molecular flexibility index (Phi) is 4.89. The fourth-order valence-electron chi connectivity index (χ4n) is 2.08. The number of aromatic nitrogens is 2. The maximum absolute atomic E-state index is 12.9. The number of nitrogens with zero attached hydrogens (tertiary/aromatic N) is 4. The molecule has 9 nitrogen and oxygen atoms in total. The Morgan fingerprint density at radius 2 is 1.65 bits per heavy atom. The molecule has 3 aromatic rings. The number of hydrogen-bond acceptors (Lipinski definition) is 8. The highest BCUT2D eigenvalue weighted by atomic mass is 32.2. The molecule has 0 aliphatic heterocycles. The normalized spacial score (nSPS) is 10.7. The summed E-state index contributed by atoms with van der Waals surface area (Å²) < 4.78 is 18.0. The van der Waals surface area contributed by atoms with Gasteiger partial charge in [0, 0.05) is 23.4 Å². The van der Waals surface area contributed by atoms with Crippen LogP contribution in [0, 0.1) is 26.0 Å². The van der Waals surface area contributed by atoms with E-state index in [1.54, 1.807) is 0 Å². The number of halogens is 1. The maximum Gasteiger partial charge on any atom is 0.286 e. The topological polar surface area (TPSA) is 125 Å². The van der Waals surface area contributed by atoms with Crippen LogP contribution in [0.1, 0.15) is 5.56 Å². The summed E-state index contributed by atoms with van der Waals surface area (Å²) in [4.78, 5) is 24.5. The van der Waals surface area contributed by atoms with Gasteiger partial charge in [-0.2, -0.15) is 4.98 Å². The molecule has 1 aromatic heterocycles. The van der Waals surface area contributed by atoms with Crippen LogP contribution in [-0.2, 0) is 5.75 Å². The van der Waals surface area contributed by atoms with Crippen molar-refractivity contribution in [2.45, 2.75) is 11.0 Å². The van der Waals surface area contributed by atoms with E-state index in [1.807, 2.05) is 0 Å². The second kappa shape index (κ2) is 7.27. The maximum atomic E-state index is 12.9. The van der Waals surface area contributed by atoms with E-state index in [0.717, 1.165) is 17.8 Å². The predicted molar refractivity (Wildman–Crippen MR) is 89.0 cm³/mol. The third-order valence-electron chi connectivity index (χ3n) is 3.26. The Morgan fingerprint density at radius 1 is 1.04 bits per heavy atom. The number of nitro groups is 2. The Hall–Kier alpha value is -3.34. The standard InChI is InChI=1S/C15H9FN4O5S/c16-11-3-1-10(2-4-11)14-17-15(25-18-14)26-8-9-5-12(19(21)22)7-13(6-9)20(23)24/h1-7H,8H2. The van der Waals surface area contributed by atoms with Crippen molar-refractivity contribution >= 4 is 23.1 Å². The third kappa shape index (κ3) is 4.00. The van der Waals surface area contributed by atoms with Gasteiger partial charge in [0.05, 0.1) is 15.9 Å². The van der Waals surface area contributed by atoms with Crippen molar-refractivity contribution < 1.29 is 18.8 Å². The summed E-state index contributed by atoms with van der Waals surface area (Å²) in [5.41, 5.74) is 0.199. The highest BCUT2D eigenvalue weighted by Gasteiger charge is 2.17. The molecule has 0 N–H and O–H groups in total. The van der Waals surface area contributed by atoms with Gasteiger partial charge in [-0.1, -0.05) is 16.9 Å². The lowest BCUT2D eigenvalue weighted by Gasteiger charge is -1.99. The summed E-state index contributed by atoms with van der Waals surface area (Å²) in [6, 6.07) is 8.92. The monoisotopic (exact) mass is 376 g/mol. The SMILES string of the molecule is O=[N+]([O-])c1cc(CSc2nc(-c3ccc(F)cc3)no2)cc([N+](=O)[O-])c1. The second-order valence-corrected chi connectivity index (χ2v) is 5.98. The zero-order valence-corrected chi connectivity index (χ0v) is 13.7. The zero-order chi connectivity index (χ0) is 18.7. The first-order valence-corrected chi connectivity index (χ1v) is 8.06. The van der Waals surface area contributed by atoms with E-state index in [-0.39, 0.29) is 34.0 Å². The van der Waals surface area contributed by atoms with E-state index in [2.05, 4.69) is 10.1 Å². The minimum atomic E-state index is -0.694. The number of nitro benzene ring substituents is 2. The fourth-order valence-corrected chi connectivity index (χ4v) is 2.78. The van der Waals surface area contributed by atoms with Crippen LogP contribution >= 0.6 is 11.8 Å². The highest BCUT2D eigenvalue weighted by molar-refractivity contribution is 7.98. The summed E-state index contributed by atoms with van der Waals surface area (Å²) in [5, 5.41) is 25.7. The average Bonchev–Trinajstić information content (AvgIpc) is 3.09. The van der Waals surface area contributed by atoms with Crippen molar-refractivity contribution in [3.63, 3.8) is 0 Å². The van der Waals surface area contributed by atoms with Crippen LogP contribution in [0.2, 0.25) is 0 Å². The van der Waals surface area contributed by atoms with Gasteiger partial charge in [0.1, 0.15) is 5.82 Å². The van der Waals surface area contributed by atoms with E-state index in [0.29, 0.717) is 11.1 Å². The first-order valence-electron chi connectivity index (χ1n) is 7.07. The molecule has 0 spiro atoms. The molecule has 0 amide bonds. The van der Waals surface area contributed by atoms with Crippen molar-refractivity contribution in [2.75, 3.05) is 0 Å². The molecule has 0 unspecified atom stereocenters. The van der Waals surface area contributed by atoms with E-state index in [9.17, 15) is 24.6 Å². The number of thioether (sulfide) groups is 1. The fraction of sp³-hybridized carbons (Fsp3) is 0.0667. The summed E-state index contributed by atoms with van der Waals surface area (Å²) in [5.74, 6) is 0.0322. The first kappa shape index (κ1) is 17.5. The molecule has 0 atom stereocenters. The van der Waals surface area contributed by atoms with E-state index in [4.69, 9.17) is 4.52 Å². The molecule has 2 aromatic carbocycles. The van der Waals surface area contributed by atoms with Gasteiger partial charge in [0.2, 0.25) is 5.82 Å². The highest BCUT2D eigenvalue weighted by Crippen LogP contribution is 2.28. The summed E-state index contributed by atoms with van der Waals surface area (Å²) in [6.45, 7) is 0. The van der Waals surface area contributed by atoms with Crippen LogP contribution in [0.4, 0.5) is 15.8 Å². The molecule has 0 aliphatic carbocycles. The lowest BCUT2D eigenvalue weighted by atomic mass is 10.2. The molecular weight excluding hydrogens is 367 g/mol. The number of rotatable bonds is 6. The van der Waals surface area contributed by atoms with Crippen LogP contribution in [0.25, 0.3) is 11.4 Å². The molecule has 0 fully saturated rings. The minimum absolute atomic E-state index is 0.160. The number of hydrogen-bond donors (Lipinski definition) is 0. The average molecular weight is 376 g/mol. The van der Waals surface area contributed by atoms with Gasteiger partial charge in [0.15, 0.2) is 0 Å². The summed E-state index contributed by atoms with van der Waals surface area (Å²) >= 11 is 1.07. The Labute approximate surface area is 149 Å². The Bertz CT molecular complexity index is 944.